The quantitative estimate of drug-likeness (QED) is 0.396. The van der Waals surface area contributed by atoms with Crippen LogP contribution in [-0.2, 0) is 14.8 Å². The Kier molecular flexibility index (Phi) is 6.10. The maximum atomic E-state index is 12.6. The smallest absolute Gasteiger partial charge is 0.342 e. The van der Waals surface area contributed by atoms with E-state index in [9.17, 15) is 13.2 Å². The monoisotopic (exact) mass is 421 g/mol. The van der Waals surface area contributed by atoms with E-state index in [0.717, 1.165) is 30.6 Å². The second-order valence-corrected chi connectivity index (χ2v) is 9.43. The van der Waals surface area contributed by atoms with Gasteiger partial charge in [-0.05, 0) is 49.4 Å². The van der Waals surface area contributed by atoms with Crippen LogP contribution in [-0.4, -0.2) is 21.0 Å². The van der Waals surface area contributed by atoms with E-state index in [1.54, 1.807) is 43.5 Å². The summed E-state index contributed by atoms with van der Waals surface area (Å²) in [5, 5.41) is 2.24. The van der Waals surface area contributed by atoms with Crippen molar-refractivity contribution in [2.24, 2.45) is 0 Å². The Hall–Kier alpha value is -2.32. The Morgan fingerprint density at radius 1 is 1.25 bits per heavy atom. The minimum Gasteiger partial charge on any atom is -0.462 e. The molecule has 0 atom stereocenters. The molecule has 0 aliphatic rings. The third-order valence-electron chi connectivity index (χ3n) is 4.40. The Labute approximate surface area is 168 Å². The molecule has 6 nitrogen and oxygen atoms in total. The van der Waals surface area contributed by atoms with E-state index in [1.807, 2.05) is 0 Å². The molecule has 0 bridgehead atoms. The number of rotatable bonds is 8. The van der Waals surface area contributed by atoms with Gasteiger partial charge in [-0.2, -0.15) is 0 Å². The summed E-state index contributed by atoms with van der Waals surface area (Å²) in [6.45, 7) is 5.92. The van der Waals surface area contributed by atoms with Gasteiger partial charge in [-0.15, -0.1) is 11.3 Å². The molecule has 28 heavy (non-hydrogen) atoms. The number of hydrogen-bond donors (Lipinski definition) is 1. The number of sulfonamides is 1. The van der Waals surface area contributed by atoms with Crippen molar-refractivity contribution in [3.63, 3.8) is 0 Å². The van der Waals surface area contributed by atoms with E-state index in [1.165, 1.54) is 0 Å². The highest BCUT2D eigenvalue weighted by Gasteiger charge is 2.22. The molecule has 2 aromatic heterocycles. The largest absolute Gasteiger partial charge is 0.462 e. The number of benzene rings is 1. The van der Waals surface area contributed by atoms with Crippen molar-refractivity contribution in [1.29, 1.82) is 0 Å². The van der Waals surface area contributed by atoms with Crippen LogP contribution < -0.4 is 4.72 Å². The standard InChI is InChI=1S/C20H23NO5S2/c1-4-5-6-9-25-20(22)19-14(3)26-17-11-13(2)16(12-15(17)19)21-28(23,24)18-8-7-10-27-18/h7-8,10-12,21H,4-6,9H2,1-3H3. The van der Waals surface area contributed by atoms with Gasteiger partial charge >= 0.3 is 5.97 Å². The maximum absolute atomic E-state index is 12.6. The number of furan rings is 1. The van der Waals surface area contributed by atoms with Gasteiger partial charge in [0.2, 0.25) is 0 Å². The molecule has 0 fully saturated rings. The molecule has 0 unspecified atom stereocenters. The summed E-state index contributed by atoms with van der Waals surface area (Å²) >= 11 is 1.14. The first-order chi connectivity index (χ1) is 13.3. The fourth-order valence-electron chi connectivity index (χ4n) is 2.93. The second kappa shape index (κ2) is 8.36. The van der Waals surface area contributed by atoms with Crippen LogP contribution in [0.2, 0.25) is 0 Å². The van der Waals surface area contributed by atoms with Crippen LogP contribution in [0.25, 0.3) is 11.0 Å². The zero-order valence-electron chi connectivity index (χ0n) is 16.1. The highest BCUT2D eigenvalue weighted by atomic mass is 32.2. The zero-order chi connectivity index (χ0) is 20.3. The number of hydrogen-bond acceptors (Lipinski definition) is 6. The molecule has 150 valence electrons. The van der Waals surface area contributed by atoms with Gasteiger partial charge in [-0.3, -0.25) is 4.72 Å². The predicted molar refractivity (Wildman–Crippen MR) is 111 cm³/mol. The highest BCUT2D eigenvalue weighted by molar-refractivity contribution is 7.94. The van der Waals surface area contributed by atoms with Gasteiger partial charge in [0.25, 0.3) is 10.0 Å². The summed E-state index contributed by atoms with van der Waals surface area (Å²) in [4.78, 5) is 12.6. The van der Waals surface area contributed by atoms with Crippen molar-refractivity contribution in [3.8, 4) is 0 Å². The van der Waals surface area contributed by atoms with E-state index in [-0.39, 0.29) is 4.21 Å². The molecule has 3 rings (SSSR count). The van der Waals surface area contributed by atoms with E-state index in [2.05, 4.69) is 11.6 Å². The maximum Gasteiger partial charge on any atom is 0.342 e. The van der Waals surface area contributed by atoms with Crippen LogP contribution in [0.5, 0.6) is 0 Å². The molecule has 0 amide bonds. The molecule has 1 aromatic carbocycles. The molecule has 2 heterocycles. The topological polar surface area (TPSA) is 85.6 Å². The molecule has 0 radical (unpaired) electrons. The minimum absolute atomic E-state index is 0.228. The van der Waals surface area contributed by atoms with Crippen molar-refractivity contribution < 1.29 is 22.4 Å². The SMILES string of the molecule is CCCCCOC(=O)c1c(C)oc2cc(C)c(NS(=O)(=O)c3cccs3)cc12. The molecule has 1 N–H and O–H groups in total. The van der Waals surface area contributed by atoms with E-state index >= 15 is 0 Å². The average Bonchev–Trinajstić information content (AvgIpc) is 3.27. The number of unbranched alkanes of at least 4 members (excludes halogenated alkanes) is 2. The van der Waals surface area contributed by atoms with Crippen molar-refractivity contribution in [1.82, 2.24) is 0 Å². The molecular formula is C20H23NO5S2. The van der Waals surface area contributed by atoms with Gasteiger partial charge in [0.05, 0.1) is 12.3 Å². The fourth-order valence-corrected chi connectivity index (χ4v) is 5.05. The third-order valence-corrected chi connectivity index (χ3v) is 7.16. The first-order valence-electron chi connectivity index (χ1n) is 9.10. The van der Waals surface area contributed by atoms with E-state index in [4.69, 9.17) is 9.15 Å². The lowest BCUT2D eigenvalue weighted by Gasteiger charge is -2.10. The summed E-state index contributed by atoms with van der Waals surface area (Å²) in [5.41, 5.74) is 1.96. The normalized spacial score (nSPS) is 11.7. The summed E-state index contributed by atoms with van der Waals surface area (Å²) in [6, 6.07) is 6.58. The third kappa shape index (κ3) is 4.23. The van der Waals surface area contributed by atoms with Crippen molar-refractivity contribution in [3.05, 3.63) is 46.5 Å². The number of nitrogens with one attached hydrogen (secondary N) is 1. The predicted octanol–water partition coefficient (Wildman–Crippen LogP) is 5.26. The fraction of sp³-hybridized carbons (Fsp3) is 0.350. The molecule has 0 aliphatic carbocycles. The summed E-state index contributed by atoms with van der Waals surface area (Å²) < 4.78 is 39.0. The van der Waals surface area contributed by atoms with Crippen LogP contribution in [0.3, 0.4) is 0 Å². The molecule has 0 aliphatic heterocycles. The number of anilines is 1. The van der Waals surface area contributed by atoms with Crippen LogP contribution in [0.15, 0.2) is 38.3 Å². The van der Waals surface area contributed by atoms with Crippen LogP contribution in [0, 0.1) is 13.8 Å². The Balaban J connectivity index is 1.93. The van der Waals surface area contributed by atoms with Gasteiger partial charge in [-0.25, -0.2) is 13.2 Å². The molecule has 0 spiro atoms. The number of esters is 1. The summed E-state index contributed by atoms with van der Waals surface area (Å²) in [7, 11) is -3.69. The highest BCUT2D eigenvalue weighted by Crippen LogP contribution is 2.32. The lowest BCUT2D eigenvalue weighted by molar-refractivity contribution is 0.0498. The van der Waals surface area contributed by atoms with Gasteiger partial charge in [0, 0.05) is 5.39 Å². The molecule has 8 heteroatoms. The average molecular weight is 422 g/mol. The van der Waals surface area contributed by atoms with Gasteiger partial charge in [0.1, 0.15) is 21.1 Å². The molecule has 3 aromatic rings. The lowest BCUT2D eigenvalue weighted by atomic mass is 10.1. The number of carbonyl (C=O) groups is 1. The second-order valence-electron chi connectivity index (χ2n) is 6.58. The van der Waals surface area contributed by atoms with Crippen LogP contribution >= 0.6 is 11.3 Å². The number of carbonyl (C=O) groups excluding carboxylic acids is 1. The molecule has 0 saturated carbocycles. The van der Waals surface area contributed by atoms with Gasteiger partial charge in [0.15, 0.2) is 0 Å². The number of fused-ring (bicyclic) bond motifs is 1. The Morgan fingerprint density at radius 3 is 2.71 bits per heavy atom. The number of ether oxygens (including phenoxy) is 1. The van der Waals surface area contributed by atoms with E-state index < -0.39 is 16.0 Å². The van der Waals surface area contributed by atoms with Crippen molar-refractivity contribution in [2.45, 2.75) is 44.2 Å². The number of aryl methyl sites for hydroxylation is 2. The Morgan fingerprint density at radius 2 is 2.04 bits per heavy atom. The first kappa shape index (κ1) is 20.4. The molecular weight excluding hydrogens is 398 g/mol. The molecule has 0 saturated heterocycles. The van der Waals surface area contributed by atoms with Crippen LogP contribution in [0.4, 0.5) is 5.69 Å². The van der Waals surface area contributed by atoms with Gasteiger partial charge < -0.3 is 9.15 Å². The minimum atomic E-state index is -3.69. The van der Waals surface area contributed by atoms with E-state index in [0.29, 0.717) is 40.2 Å². The van der Waals surface area contributed by atoms with Gasteiger partial charge in [-0.1, -0.05) is 25.8 Å². The van der Waals surface area contributed by atoms with Crippen molar-refractivity contribution >= 4 is 44.0 Å². The summed E-state index contributed by atoms with van der Waals surface area (Å²) in [6.07, 6.45) is 2.84. The lowest BCUT2D eigenvalue weighted by Crippen LogP contribution is -2.12. The number of thiophene rings is 1. The van der Waals surface area contributed by atoms with Crippen molar-refractivity contribution in [2.75, 3.05) is 11.3 Å². The Bertz CT molecular complexity index is 1080. The zero-order valence-corrected chi connectivity index (χ0v) is 17.7. The van der Waals surface area contributed by atoms with Crippen LogP contribution in [0.1, 0.15) is 47.9 Å². The summed E-state index contributed by atoms with van der Waals surface area (Å²) in [5.74, 6) is -0.00331. The first-order valence-corrected chi connectivity index (χ1v) is 11.5.